The predicted molar refractivity (Wildman–Crippen MR) is 114 cm³/mol. The second-order valence-electron chi connectivity index (χ2n) is 8.85. The van der Waals surface area contributed by atoms with Crippen molar-refractivity contribution in [1.82, 2.24) is 9.21 Å². The Kier molecular flexibility index (Phi) is 5.66. The number of rotatable bonds is 6. The van der Waals surface area contributed by atoms with Crippen molar-refractivity contribution >= 4 is 27.5 Å². The maximum atomic E-state index is 13.0. The van der Waals surface area contributed by atoms with E-state index in [1.54, 1.807) is 29.2 Å². The van der Waals surface area contributed by atoms with Crippen molar-refractivity contribution in [2.75, 3.05) is 37.6 Å². The SMILES string of the molecule is CCN(CC)S(=O)(=O)c1ccc(N2CC(C(=O)N3CCCC4(CC4)C3)CC2=O)cc1. The molecule has 3 aliphatic rings. The molecule has 1 spiro atoms. The molecular formula is C22H31N3O4S. The van der Waals surface area contributed by atoms with Gasteiger partial charge in [0.1, 0.15) is 0 Å². The van der Waals surface area contributed by atoms with Gasteiger partial charge in [-0.05, 0) is 55.4 Å². The smallest absolute Gasteiger partial charge is 0.243 e. The van der Waals surface area contributed by atoms with Crippen molar-refractivity contribution < 1.29 is 18.0 Å². The molecule has 2 heterocycles. The van der Waals surface area contributed by atoms with Crippen LogP contribution in [0.2, 0.25) is 0 Å². The second kappa shape index (κ2) is 7.96. The fraction of sp³-hybridized carbons (Fsp3) is 0.636. The topological polar surface area (TPSA) is 78.0 Å². The number of nitrogens with zero attached hydrogens (tertiary/aromatic N) is 3. The number of amides is 2. The minimum absolute atomic E-state index is 0.0779. The lowest BCUT2D eigenvalue weighted by Crippen LogP contribution is -2.44. The Labute approximate surface area is 179 Å². The Morgan fingerprint density at radius 3 is 2.40 bits per heavy atom. The van der Waals surface area contributed by atoms with Crippen molar-refractivity contribution in [3.8, 4) is 0 Å². The zero-order valence-corrected chi connectivity index (χ0v) is 18.7. The van der Waals surface area contributed by atoms with Gasteiger partial charge in [-0.1, -0.05) is 13.8 Å². The molecule has 3 fully saturated rings. The average Bonchev–Trinajstić information content (AvgIpc) is 3.36. The molecular weight excluding hydrogens is 402 g/mol. The van der Waals surface area contributed by atoms with E-state index < -0.39 is 10.0 Å². The summed E-state index contributed by atoms with van der Waals surface area (Å²) < 4.78 is 26.7. The first-order chi connectivity index (χ1) is 14.3. The van der Waals surface area contributed by atoms with Gasteiger partial charge in [0.15, 0.2) is 0 Å². The quantitative estimate of drug-likeness (QED) is 0.691. The van der Waals surface area contributed by atoms with E-state index >= 15 is 0 Å². The lowest BCUT2D eigenvalue weighted by molar-refractivity contribution is -0.137. The highest BCUT2D eigenvalue weighted by atomic mass is 32.2. The molecule has 1 atom stereocenters. The van der Waals surface area contributed by atoms with Gasteiger partial charge in [-0.3, -0.25) is 9.59 Å². The molecule has 1 saturated carbocycles. The summed E-state index contributed by atoms with van der Waals surface area (Å²) in [4.78, 5) is 29.5. The largest absolute Gasteiger partial charge is 0.342 e. The number of sulfonamides is 1. The minimum atomic E-state index is -3.53. The molecule has 30 heavy (non-hydrogen) atoms. The number of carbonyl (C=O) groups excluding carboxylic acids is 2. The molecule has 0 radical (unpaired) electrons. The number of benzene rings is 1. The molecule has 2 aliphatic heterocycles. The second-order valence-corrected chi connectivity index (χ2v) is 10.8. The molecule has 1 unspecified atom stereocenters. The third-order valence-electron chi connectivity index (χ3n) is 6.90. The maximum absolute atomic E-state index is 13.0. The van der Waals surface area contributed by atoms with Crippen molar-refractivity contribution in [3.63, 3.8) is 0 Å². The predicted octanol–water partition coefficient (Wildman–Crippen LogP) is 2.47. The van der Waals surface area contributed by atoms with Gasteiger partial charge >= 0.3 is 0 Å². The van der Waals surface area contributed by atoms with Crippen molar-refractivity contribution in [2.24, 2.45) is 11.3 Å². The molecule has 7 nitrogen and oxygen atoms in total. The van der Waals surface area contributed by atoms with E-state index in [0.29, 0.717) is 30.7 Å². The van der Waals surface area contributed by atoms with Crippen molar-refractivity contribution in [2.45, 2.75) is 50.8 Å². The molecule has 4 rings (SSSR count). The summed E-state index contributed by atoms with van der Waals surface area (Å²) in [7, 11) is -3.53. The average molecular weight is 434 g/mol. The monoisotopic (exact) mass is 433 g/mol. The third-order valence-corrected chi connectivity index (χ3v) is 8.96. The number of hydrogen-bond acceptors (Lipinski definition) is 4. The van der Waals surface area contributed by atoms with Crippen LogP contribution in [0.5, 0.6) is 0 Å². The van der Waals surface area contributed by atoms with Crippen molar-refractivity contribution in [3.05, 3.63) is 24.3 Å². The first kappa shape index (κ1) is 21.3. The highest BCUT2D eigenvalue weighted by Gasteiger charge is 2.48. The van der Waals surface area contributed by atoms with E-state index in [1.807, 2.05) is 18.7 Å². The van der Waals surface area contributed by atoms with Crippen LogP contribution in [-0.2, 0) is 19.6 Å². The normalized spacial score (nSPS) is 23.4. The van der Waals surface area contributed by atoms with E-state index in [2.05, 4.69) is 0 Å². The Morgan fingerprint density at radius 1 is 1.13 bits per heavy atom. The van der Waals surface area contributed by atoms with Crippen LogP contribution < -0.4 is 4.90 Å². The number of piperidine rings is 1. The first-order valence-corrected chi connectivity index (χ1v) is 12.4. The zero-order chi connectivity index (χ0) is 21.5. The lowest BCUT2D eigenvalue weighted by Gasteiger charge is -2.34. The van der Waals surface area contributed by atoms with Gasteiger partial charge in [0, 0.05) is 44.8 Å². The molecule has 8 heteroatoms. The molecule has 1 aromatic rings. The van der Waals surface area contributed by atoms with Crippen molar-refractivity contribution in [1.29, 1.82) is 0 Å². The molecule has 1 aromatic carbocycles. The molecule has 0 bridgehead atoms. The van der Waals surface area contributed by atoms with Gasteiger partial charge in [-0.2, -0.15) is 4.31 Å². The Hall–Kier alpha value is -1.93. The summed E-state index contributed by atoms with van der Waals surface area (Å²) in [5.74, 6) is -0.297. The standard InChI is InChI=1S/C22H31N3O4S/c1-3-24(4-2)30(28,29)19-8-6-18(7-9-19)25-15-17(14-20(25)26)21(27)23-13-5-10-22(16-23)11-12-22/h6-9,17H,3-5,10-16H2,1-2H3. The summed E-state index contributed by atoms with van der Waals surface area (Å²) in [6, 6.07) is 6.43. The van der Waals surface area contributed by atoms with Crippen LogP contribution in [-0.4, -0.2) is 62.2 Å². The fourth-order valence-corrected chi connectivity index (χ4v) is 6.33. The van der Waals surface area contributed by atoms with Crippen LogP contribution in [0, 0.1) is 11.3 Å². The summed E-state index contributed by atoms with van der Waals surface area (Å²) >= 11 is 0. The lowest BCUT2D eigenvalue weighted by atomic mass is 9.93. The highest BCUT2D eigenvalue weighted by molar-refractivity contribution is 7.89. The van der Waals surface area contributed by atoms with Gasteiger partial charge in [-0.15, -0.1) is 0 Å². The van der Waals surface area contributed by atoms with Crippen LogP contribution in [0.3, 0.4) is 0 Å². The first-order valence-electron chi connectivity index (χ1n) is 11.0. The minimum Gasteiger partial charge on any atom is -0.342 e. The highest BCUT2D eigenvalue weighted by Crippen LogP contribution is 2.52. The van der Waals surface area contributed by atoms with Crippen LogP contribution in [0.1, 0.15) is 46.0 Å². The molecule has 164 valence electrons. The summed E-state index contributed by atoms with van der Waals surface area (Å²) in [5, 5.41) is 0. The van der Waals surface area contributed by atoms with E-state index in [1.165, 1.54) is 23.6 Å². The van der Waals surface area contributed by atoms with Gasteiger partial charge in [0.25, 0.3) is 0 Å². The van der Waals surface area contributed by atoms with Gasteiger partial charge in [-0.25, -0.2) is 8.42 Å². The Balaban J connectivity index is 1.45. The number of likely N-dealkylation sites (tertiary alicyclic amines) is 1. The van der Waals surface area contributed by atoms with Gasteiger partial charge in [0.05, 0.1) is 10.8 Å². The van der Waals surface area contributed by atoms with Crippen LogP contribution in [0.15, 0.2) is 29.2 Å². The molecule has 1 aliphatic carbocycles. The molecule has 2 saturated heterocycles. The van der Waals surface area contributed by atoms with Crippen LogP contribution in [0.4, 0.5) is 5.69 Å². The zero-order valence-electron chi connectivity index (χ0n) is 17.8. The molecule has 0 aromatic heterocycles. The number of anilines is 1. The molecule has 2 amide bonds. The van der Waals surface area contributed by atoms with Gasteiger partial charge in [0.2, 0.25) is 21.8 Å². The maximum Gasteiger partial charge on any atom is 0.243 e. The van der Waals surface area contributed by atoms with Gasteiger partial charge < -0.3 is 9.80 Å². The van der Waals surface area contributed by atoms with E-state index in [9.17, 15) is 18.0 Å². The molecule has 0 N–H and O–H groups in total. The fourth-order valence-electron chi connectivity index (χ4n) is 4.87. The van der Waals surface area contributed by atoms with E-state index in [0.717, 1.165) is 19.5 Å². The van der Waals surface area contributed by atoms with Crippen LogP contribution >= 0.6 is 0 Å². The number of carbonyl (C=O) groups is 2. The summed E-state index contributed by atoms with van der Waals surface area (Å²) in [6.45, 7) is 6.44. The summed E-state index contributed by atoms with van der Waals surface area (Å²) in [6.07, 6.45) is 4.93. The Morgan fingerprint density at radius 2 is 1.80 bits per heavy atom. The third kappa shape index (κ3) is 3.87. The van der Waals surface area contributed by atoms with E-state index in [-0.39, 0.29) is 29.0 Å². The van der Waals surface area contributed by atoms with Crippen LogP contribution in [0.25, 0.3) is 0 Å². The number of hydrogen-bond donors (Lipinski definition) is 0. The van der Waals surface area contributed by atoms with E-state index in [4.69, 9.17) is 0 Å². The summed E-state index contributed by atoms with van der Waals surface area (Å²) in [5.41, 5.74) is 1.01. The Bertz CT molecular complexity index is 920.